The van der Waals surface area contributed by atoms with Gasteiger partial charge in [0.1, 0.15) is 5.15 Å². The number of hydrogen-bond donors (Lipinski definition) is 1. The quantitative estimate of drug-likeness (QED) is 0.732. The van der Waals surface area contributed by atoms with E-state index < -0.39 is 0 Å². The molecule has 2 aliphatic heterocycles. The number of piperidine rings is 1. The molecular weight excluding hydrogens is 210 g/mol. The van der Waals surface area contributed by atoms with Crippen LogP contribution in [0.3, 0.4) is 0 Å². The Morgan fingerprint density at radius 2 is 2.40 bits per heavy atom. The largest absolute Gasteiger partial charge is 0.365 e. The first-order valence-electron chi connectivity index (χ1n) is 5.43. The lowest BCUT2D eigenvalue weighted by Crippen LogP contribution is -2.63. The van der Waals surface area contributed by atoms with E-state index in [0.29, 0.717) is 11.2 Å². The zero-order valence-electron chi connectivity index (χ0n) is 8.49. The van der Waals surface area contributed by atoms with Crippen LogP contribution in [0.5, 0.6) is 0 Å². The molecule has 2 atom stereocenters. The van der Waals surface area contributed by atoms with E-state index >= 15 is 0 Å². The van der Waals surface area contributed by atoms with Crippen LogP contribution in [-0.4, -0.2) is 30.7 Å². The highest BCUT2D eigenvalue weighted by Crippen LogP contribution is 2.34. The molecular formula is C11H14ClN3. The fourth-order valence-corrected chi connectivity index (χ4v) is 2.67. The number of hydrogen-bond acceptors (Lipinski definition) is 3. The van der Waals surface area contributed by atoms with Crippen LogP contribution in [-0.2, 0) is 0 Å². The van der Waals surface area contributed by atoms with Gasteiger partial charge in [-0.05, 0) is 31.0 Å². The Balaban J connectivity index is 1.76. The minimum atomic E-state index is 0.567. The molecule has 80 valence electrons. The van der Waals surface area contributed by atoms with Crippen molar-refractivity contribution in [1.29, 1.82) is 0 Å². The van der Waals surface area contributed by atoms with Crippen molar-refractivity contribution >= 4 is 17.3 Å². The van der Waals surface area contributed by atoms with E-state index in [0.717, 1.165) is 12.5 Å². The zero-order valence-corrected chi connectivity index (χ0v) is 9.24. The Hall–Kier alpha value is -0.800. The van der Waals surface area contributed by atoms with Gasteiger partial charge in [0.05, 0.1) is 11.9 Å². The van der Waals surface area contributed by atoms with Gasteiger partial charge in [0, 0.05) is 19.1 Å². The molecule has 15 heavy (non-hydrogen) atoms. The molecule has 0 unspecified atom stereocenters. The molecule has 0 spiro atoms. The summed E-state index contributed by atoms with van der Waals surface area (Å²) in [5.41, 5.74) is 1.20. The Kier molecular flexibility index (Phi) is 2.29. The van der Waals surface area contributed by atoms with E-state index in [1.807, 2.05) is 12.3 Å². The predicted molar refractivity (Wildman–Crippen MR) is 61.4 cm³/mol. The first-order valence-corrected chi connectivity index (χ1v) is 5.81. The number of nitrogens with zero attached hydrogens (tertiary/aromatic N) is 2. The smallest absolute Gasteiger partial charge is 0.129 e. The average molecular weight is 224 g/mol. The molecule has 4 heteroatoms. The summed E-state index contributed by atoms with van der Waals surface area (Å²) in [6.07, 6.45) is 3.18. The average Bonchev–Trinajstić information content (AvgIpc) is 2.23. The van der Waals surface area contributed by atoms with Crippen molar-refractivity contribution in [2.24, 2.45) is 5.92 Å². The highest BCUT2D eigenvalue weighted by Gasteiger charge is 2.40. The number of nitrogens with one attached hydrogen (secondary N) is 1. The van der Waals surface area contributed by atoms with Gasteiger partial charge in [-0.2, -0.15) is 0 Å². The van der Waals surface area contributed by atoms with Gasteiger partial charge < -0.3 is 10.2 Å². The lowest BCUT2D eigenvalue weighted by molar-refractivity contribution is 0.229. The number of aromatic nitrogens is 1. The molecule has 3 rings (SSSR count). The highest BCUT2D eigenvalue weighted by molar-refractivity contribution is 6.29. The van der Waals surface area contributed by atoms with Crippen molar-refractivity contribution < 1.29 is 0 Å². The summed E-state index contributed by atoms with van der Waals surface area (Å²) in [6, 6.07) is 4.59. The molecule has 2 saturated heterocycles. The van der Waals surface area contributed by atoms with Crippen LogP contribution < -0.4 is 10.2 Å². The number of anilines is 1. The van der Waals surface area contributed by atoms with Gasteiger partial charge >= 0.3 is 0 Å². The van der Waals surface area contributed by atoms with Crippen molar-refractivity contribution in [2.45, 2.75) is 12.5 Å². The molecule has 0 saturated carbocycles. The zero-order chi connectivity index (χ0) is 10.3. The van der Waals surface area contributed by atoms with Crippen LogP contribution in [0.1, 0.15) is 6.42 Å². The maximum Gasteiger partial charge on any atom is 0.129 e. The van der Waals surface area contributed by atoms with Gasteiger partial charge in [-0.15, -0.1) is 0 Å². The maximum absolute atomic E-state index is 5.77. The van der Waals surface area contributed by atoms with Gasteiger partial charge in [-0.3, -0.25) is 0 Å². The molecule has 2 aliphatic rings. The number of fused-ring (bicyclic) bond motifs is 1. The molecule has 1 aromatic rings. The van der Waals surface area contributed by atoms with E-state index in [1.54, 1.807) is 0 Å². The molecule has 0 radical (unpaired) electrons. The van der Waals surface area contributed by atoms with Crippen molar-refractivity contribution in [3.8, 4) is 0 Å². The first-order chi connectivity index (χ1) is 7.34. The van der Waals surface area contributed by atoms with Crippen LogP contribution in [0, 0.1) is 5.92 Å². The van der Waals surface area contributed by atoms with Crippen LogP contribution in [0.25, 0.3) is 0 Å². The SMILES string of the molecule is Clc1ccc(N2C[C@@H]3CCNC[C@@H]32)cn1. The summed E-state index contributed by atoms with van der Waals surface area (Å²) < 4.78 is 0. The topological polar surface area (TPSA) is 28.2 Å². The molecule has 0 amide bonds. The molecule has 1 N–H and O–H groups in total. The van der Waals surface area contributed by atoms with E-state index in [2.05, 4.69) is 21.3 Å². The van der Waals surface area contributed by atoms with Gasteiger partial charge in [0.25, 0.3) is 0 Å². The van der Waals surface area contributed by atoms with Crippen molar-refractivity contribution in [2.75, 3.05) is 24.5 Å². The summed E-state index contributed by atoms with van der Waals surface area (Å²) in [5, 5.41) is 4.01. The second-order valence-electron chi connectivity index (χ2n) is 4.31. The van der Waals surface area contributed by atoms with Crippen molar-refractivity contribution in [1.82, 2.24) is 10.3 Å². The summed E-state index contributed by atoms with van der Waals surface area (Å²) in [5.74, 6) is 0.877. The fraction of sp³-hybridized carbons (Fsp3) is 0.545. The minimum absolute atomic E-state index is 0.567. The molecule has 1 aromatic heterocycles. The lowest BCUT2D eigenvalue weighted by Gasteiger charge is -2.52. The summed E-state index contributed by atoms with van der Waals surface area (Å²) >= 11 is 5.77. The van der Waals surface area contributed by atoms with E-state index in [1.165, 1.54) is 25.2 Å². The van der Waals surface area contributed by atoms with Gasteiger partial charge in [-0.25, -0.2) is 4.98 Å². The van der Waals surface area contributed by atoms with Crippen molar-refractivity contribution in [3.63, 3.8) is 0 Å². The van der Waals surface area contributed by atoms with Crippen LogP contribution >= 0.6 is 11.6 Å². The first kappa shape index (κ1) is 9.43. The Bertz CT molecular complexity index is 351. The van der Waals surface area contributed by atoms with Crippen LogP contribution in [0.4, 0.5) is 5.69 Å². The second-order valence-corrected chi connectivity index (χ2v) is 4.70. The van der Waals surface area contributed by atoms with E-state index in [4.69, 9.17) is 11.6 Å². The van der Waals surface area contributed by atoms with Crippen molar-refractivity contribution in [3.05, 3.63) is 23.5 Å². The third-order valence-corrected chi connectivity index (χ3v) is 3.69. The lowest BCUT2D eigenvalue weighted by atomic mass is 9.83. The third kappa shape index (κ3) is 1.60. The number of halogens is 1. The molecule has 0 aliphatic carbocycles. The van der Waals surface area contributed by atoms with Crippen LogP contribution in [0.2, 0.25) is 5.15 Å². The second kappa shape index (κ2) is 3.65. The molecule has 0 aromatic carbocycles. The molecule has 3 heterocycles. The minimum Gasteiger partial charge on any atom is -0.365 e. The van der Waals surface area contributed by atoms with E-state index in [9.17, 15) is 0 Å². The summed E-state index contributed by atoms with van der Waals surface area (Å²) in [4.78, 5) is 6.54. The summed E-state index contributed by atoms with van der Waals surface area (Å²) in [7, 11) is 0. The van der Waals surface area contributed by atoms with Crippen LogP contribution in [0.15, 0.2) is 18.3 Å². The fourth-order valence-electron chi connectivity index (χ4n) is 2.56. The maximum atomic E-state index is 5.77. The highest BCUT2D eigenvalue weighted by atomic mass is 35.5. The number of rotatable bonds is 1. The Labute approximate surface area is 94.4 Å². The van der Waals surface area contributed by atoms with Gasteiger partial charge in [0.15, 0.2) is 0 Å². The van der Waals surface area contributed by atoms with Gasteiger partial charge in [-0.1, -0.05) is 11.6 Å². The normalized spacial score (nSPS) is 29.5. The molecule has 2 fully saturated rings. The summed E-state index contributed by atoms with van der Waals surface area (Å²) in [6.45, 7) is 3.46. The number of pyridine rings is 1. The monoisotopic (exact) mass is 223 g/mol. The molecule has 3 nitrogen and oxygen atoms in total. The molecule has 0 bridgehead atoms. The Morgan fingerprint density at radius 3 is 3.13 bits per heavy atom. The van der Waals surface area contributed by atoms with E-state index in [-0.39, 0.29) is 0 Å². The Morgan fingerprint density at radius 1 is 1.47 bits per heavy atom. The predicted octanol–water partition coefficient (Wildman–Crippen LogP) is 1.53. The standard InChI is InChI=1S/C11H14ClN3/c12-11-2-1-9(5-14-11)15-7-8-3-4-13-6-10(8)15/h1-2,5,8,10,13H,3-4,6-7H2/t8-,10-/m0/s1. The van der Waals surface area contributed by atoms with Gasteiger partial charge in [0.2, 0.25) is 0 Å². The third-order valence-electron chi connectivity index (χ3n) is 3.46.